The molecule has 0 atom stereocenters. The number of nitrogens with two attached hydrogens (primary N) is 2. The van der Waals surface area contributed by atoms with Gasteiger partial charge in [0.1, 0.15) is 0 Å². The summed E-state index contributed by atoms with van der Waals surface area (Å²) in [5.41, 5.74) is 2.47. The Hall–Kier alpha value is -0.297. The molecule has 80 valence electrons. The van der Waals surface area contributed by atoms with Crippen molar-refractivity contribution in [1.29, 1.82) is 0 Å². The first kappa shape index (κ1) is 11.8. The summed E-state index contributed by atoms with van der Waals surface area (Å²) < 4.78 is 17.4. The number of hydrogen-bond acceptors (Lipinski definition) is 4. The number of rotatable bonds is 3. The molecule has 4 nitrogen and oxygen atoms in total. The zero-order chi connectivity index (χ0) is 10.8. The fourth-order valence-electron chi connectivity index (χ4n) is 1.33. The molecule has 0 saturated carbocycles. The van der Waals surface area contributed by atoms with Crippen LogP contribution < -0.4 is 13.7 Å². The molecule has 1 aliphatic carbocycles. The van der Waals surface area contributed by atoms with E-state index in [1.165, 1.54) is 11.3 Å². The van der Waals surface area contributed by atoms with Crippen molar-refractivity contribution in [2.45, 2.75) is 19.8 Å². The monoisotopic (exact) mass is 258 g/mol. The SMILES string of the molecule is CC1=CCCC([NH][Ge]([NH2])([NH2])[N](C)C)=C1. The summed E-state index contributed by atoms with van der Waals surface area (Å²) in [7, 11) is 3.86. The standard InChI is InChI=1S/C9H20GeN4/c1-8-5-4-6-9(7-8)13-10(11,12)14(2)3/h5,7,13H,4,6,11-12H2,1-3H3. The van der Waals surface area contributed by atoms with Gasteiger partial charge in [-0.1, -0.05) is 0 Å². The number of nitrogens with zero attached hydrogens (tertiary/aromatic N) is 1. The third kappa shape index (κ3) is 3.13. The second-order valence-corrected chi connectivity index (χ2v) is 9.87. The van der Waals surface area contributed by atoms with Gasteiger partial charge in [-0.15, -0.1) is 0 Å². The molecular formula is C9H20GeN4. The van der Waals surface area contributed by atoms with E-state index in [1.54, 1.807) is 0 Å². The first-order valence-corrected chi connectivity index (χ1v) is 9.23. The van der Waals surface area contributed by atoms with Crippen LogP contribution in [0.25, 0.3) is 0 Å². The maximum atomic E-state index is 6.06. The predicted molar refractivity (Wildman–Crippen MR) is 62.0 cm³/mol. The van der Waals surface area contributed by atoms with Gasteiger partial charge < -0.3 is 0 Å². The maximum absolute atomic E-state index is 6.06. The van der Waals surface area contributed by atoms with Gasteiger partial charge in [-0.25, -0.2) is 0 Å². The zero-order valence-electron chi connectivity index (χ0n) is 9.17. The van der Waals surface area contributed by atoms with Gasteiger partial charge in [0, 0.05) is 0 Å². The molecule has 0 fully saturated rings. The van der Waals surface area contributed by atoms with Gasteiger partial charge in [-0.2, -0.15) is 0 Å². The summed E-state index contributed by atoms with van der Waals surface area (Å²) in [6, 6.07) is 0. The fraction of sp³-hybridized carbons (Fsp3) is 0.556. The van der Waals surface area contributed by atoms with Gasteiger partial charge in [0.15, 0.2) is 0 Å². The summed E-state index contributed by atoms with van der Waals surface area (Å²) in [4.78, 5) is 0. The molecule has 0 heterocycles. The molecule has 0 bridgehead atoms. The van der Waals surface area contributed by atoms with Crippen molar-refractivity contribution in [3.8, 4) is 0 Å². The average molecular weight is 257 g/mol. The molecule has 0 saturated heterocycles. The van der Waals surface area contributed by atoms with E-state index in [-0.39, 0.29) is 0 Å². The molecule has 0 aromatic heterocycles. The topological polar surface area (TPSA) is 67.3 Å². The third-order valence-electron chi connectivity index (χ3n) is 2.38. The van der Waals surface area contributed by atoms with Gasteiger partial charge >= 0.3 is 89.0 Å². The van der Waals surface area contributed by atoms with Crippen LogP contribution in [0.5, 0.6) is 0 Å². The molecule has 0 aliphatic heterocycles. The first-order valence-electron chi connectivity index (χ1n) is 4.82. The van der Waals surface area contributed by atoms with Crippen LogP contribution in [-0.4, -0.2) is 32.1 Å². The van der Waals surface area contributed by atoms with Crippen molar-refractivity contribution in [3.05, 3.63) is 23.4 Å². The number of hydrogen-bond donors (Lipinski definition) is 3. The van der Waals surface area contributed by atoms with Crippen LogP contribution >= 0.6 is 0 Å². The fourth-order valence-corrected chi connectivity index (χ4v) is 3.29. The molecule has 0 amide bonds. The molecule has 5 heteroatoms. The number of nitrogens with one attached hydrogen (secondary N) is 1. The quantitative estimate of drug-likeness (QED) is 0.628. The van der Waals surface area contributed by atoms with E-state index in [0.29, 0.717) is 0 Å². The van der Waals surface area contributed by atoms with E-state index in [4.69, 9.17) is 9.38 Å². The summed E-state index contributed by atoms with van der Waals surface area (Å²) >= 11 is -2.91. The van der Waals surface area contributed by atoms with Gasteiger partial charge in [0.2, 0.25) is 0 Å². The molecule has 0 unspecified atom stereocenters. The number of allylic oxidation sites excluding steroid dienone is 4. The van der Waals surface area contributed by atoms with Gasteiger partial charge in [0.05, 0.1) is 0 Å². The minimum absolute atomic E-state index is 1.02. The Morgan fingerprint density at radius 1 is 1.43 bits per heavy atom. The van der Waals surface area contributed by atoms with Crippen LogP contribution in [0.15, 0.2) is 23.4 Å². The molecule has 0 spiro atoms. The zero-order valence-corrected chi connectivity index (χ0v) is 11.3. The Balaban J connectivity index is 2.65. The van der Waals surface area contributed by atoms with Crippen LogP contribution in [0.3, 0.4) is 0 Å². The Morgan fingerprint density at radius 2 is 2.07 bits per heavy atom. The molecule has 0 aromatic carbocycles. The van der Waals surface area contributed by atoms with Crippen molar-refractivity contribution in [3.63, 3.8) is 0 Å². The van der Waals surface area contributed by atoms with Gasteiger partial charge in [0.25, 0.3) is 0 Å². The molecule has 1 aliphatic rings. The second kappa shape index (κ2) is 4.48. The Labute approximate surface area is 89.3 Å². The normalized spacial score (nSPS) is 17.9. The van der Waals surface area contributed by atoms with E-state index >= 15 is 0 Å². The van der Waals surface area contributed by atoms with Crippen molar-refractivity contribution < 1.29 is 0 Å². The van der Waals surface area contributed by atoms with Crippen molar-refractivity contribution in [2.24, 2.45) is 9.38 Å². The molecule has 0 radical (unpaired) electrons. The first-order chi connectivity index (χ1) is 6.42. The summed E-state index contributed by atoms with van der Waals surface area (Å²) in [6.07, 6.45) is 6.46. The summed E-state index contributed by atoms with van der Waals surface area (Å²) in [5.74, 6) is 0. The Kier molecular flexibility index (Phi) is 3.77. The van der Waals surface area contributed by atoms with Crippen molar-refractivity contribution >= 4 is 14.2 Å². The third-order valence-corrected chi connectivity index (χ3v) is 7.00. The van der Waals surface area contributed by atoms with Gasteiger partial charge in [-0.05, 0) is 0 Å². The van der Waals surface area contributed by atoms with Crippen LogP contribution in [0.4, 0.5) is 0 Å². The molecule has 14 heavy (non-hydrogen) atoms. The van der Waals surface area contributed by atoms with Gasteiger partial charge in [-0.3, -0.25) is 0 Å². The molecule has 0 aromatic rings. The molecular weight excluding hydrogens is 237 g/mol. The van der Waals surface area contributed by atoms with Crippen LogP contribution in [0.1, 0.15) is 19.8 Å². The second-order valence-electron chi connectivity index (χ2n) is 4.00. The predicted octanol–water partition coefficient (Wildman–Crippen LogP) is 0.115. The van der Waals surface area contributed by atoms with Crippen molar-refractivity contribution in [1.82, 2.24) is 8.13 Å². The van der Waals surface area contributed by atoms with Crippen LogP contribution in [0, 0.1) is 0 Å². The van der Waals surface area contributed by atoms with E-state index < -0.39 is 14.2 Å². The van der Waals surface area contributed by atoms with Crippen LogP contribution in [0.2, 0.25) is 0 Å². The molecule has 1 rings (SSSR count). The Morgan fingerprint density at radius 3 is 2.57 bits per heavy atom. The van der Waals surface area contributed by atoms with E-state index in [1.807, 2.05) is 18.0 Å². The summed E-state index contributed by atoms with van der Waals surface area (Å²) in [5, 5.41) is 0. The van der Waals surface area contributed by atoms with E-state index in [9.17, 15) is 0 Å². The average Bonchev–Trinajstić information content (AvgIpc) is 2.02. The Bertz CT molecular complexity index is 268. The van der Waals surface area contributed by atoms with Crippen molar-refractivity contribution in [2.75, 3.05) is 14.1 Å². The molecule has 5 N–H and O–H groups in total. The summed E-state index contributed by atoms with van der Waals surface area (Å²) in [6.45, 7) is 2.10. The van der Waals surface area contributed by atoms with E-state index in [0.717, 1.165) is 12.8 Å². The van der Waals surface area contributed by atoms with E-state index in [2.05, 4.69) is 23.3 Å². The minimum atomic E-state index is -2.91. The van der Waals surface area contributed by atoms with Crippen LogP contribution in [-0.2, 0) is 0 Å².